The topological polar surface area (TPSA) is 80.0 Å². The van der Waals surface area contributed by atoms with Gasteiger partial charge in [0, 0.05) is 23.9 Å². The normalized spacial score (nSPS) is 11.3. The molecule has 176 valence electrons. The molecule has 2 aromatic carbocycles. The molecule has 6 heteroatoms. The molecule has 0 saturated carbocycles. The second kappa shape index (κ2) is 11.7. The van der Waals surface area contributed by atoms with Crippen molar-refractivity contribution >= 4 is 22.7 Å². The standard InChI is InChI=1S/C27H33NO5/c1-4-6-8-24-25(22-18-20(27(30)31)11-14-23(22)33-24)26(29)19-9-12-21(13-10-19)32-17-7-16-28(3)15-5-2/h9-14,18H,4-8,15-17H2,1-3H3,(H,30,31). The highest BCUT2D eigenvalue weighted by molar-refractivity contribution is 6.17. The number of carbonyl (C=O) groups is 2. The number of carboxylic acid groups (broad SMARTS) is 1. The van der Waals surface area contributed by atoms with E-state index < -0.39 is 5.97 Å². The molecule has 0 saturated heterocycles. The van der Waals surface area contributed by atoms with Gasteiger partial charge in [-0.05, 0) is 75.3 Å². The number of carboxylic acids is 1. The molecule has 3 aromatic rings. The summed E-state index contributed by atoms with van der Waals surface area (Å²) in [6, 6.07) is 11.8. The lowest BCUT2D eigenvalue weighted by Crippen LogP contribution is -2.21. The molecule has 0 unspecified atom stereocenters. The number of furan rings is 1. The zero-order valence-corrected chi connectivity index (χ0v) is 19.7. The van der Waals surface area contributed by atoms with Crippen molar-refractivity contribution < 1.29 is 23.8 Å². The van der Waals surface area contributed by atoms with Gasteiger partial charge in [0.2, 0.25) is 0 Å². The van der Waals surface area contributed by atoms with Crippen molar-refractivity contribution in [2.75, 3.05) is 26.7 Å². The molecule has 0 fully saturated rings. The molecule has 0 aliphatic carbocycles. The van der Waals surface area contributed by atoms with E-state index in [1.807, 2.05) is 0 Å². The maximum absolute atomic E-state index is 13.4. The lowest BCUT2D eigenvalue weighted by atomic mass is 9.97. The highest BCUT2D eigenvalue weighted by Crippen LogP contribution is 2.31. The molecule has 0 bridgehead atoms. The number of aromatic carboxylic acids is 1. The number of unbranched alkanes of at least 4 members (excludes halogenated alkanes) is 1. The van der Waals surface area contributed by atoms with Crippen LogP contribution in [0.3, 0.4) is 0 Å². The fraction of sp³-hybridized carbons (Fsp3) is 0.407. The van der Waals surface area contributed by atoms with Crippen LogP contribution in [0.2, 0.25) is 0 Å². The van der Waals surface area contributed by atoms with Gasteiger partial charge >= 0.3 is 5.97 Å². The van der Waals surface area contributed by atoms with Crippen molar-refractivity contribution in [2.24, 2.45) is 0 Å². The molecule has 0 aliphatic rings. The Bertz CT molecular complexity index is 1080. The number of nitrogens with zero attached hydrogens (tertiary/aromatic N) is 1. The summed E-state index contributed by atoms with van der Waals surface area (Å²) in [6.45, 7) is 6.92. The summed E-state index contributed by atoms with van der Waals surface area (Å²) in [5.41, 5.74) is 1.63. The average molecular weight is 452 g/mol. The lowest BCUT2D eigenvalue weighted by Gasteiger charge is -2.15. The first-order valence-corrected chi connectivity index (χ1v) is 11.7. The van der Waals surface area contributed by atoms with Crippen molar-refractivity contribution in [2.45, 2.75) is 46.0 Å². The molecule has 0 amide bonds. The van der Waals surface area contributed by atoms with E-state index in [1.54, 1.807) is 30.3 Å². The molecule has 0 radical (unpaired) electrons. The SMILES string of the molecule is CCCCc1oc2ccc(C(=O)O)cc2c1C(=O)c1ccc(OCCCN(C)CCC)cc1. The van der Waals surface area contributed by atoms with E-state index in [0.717, 1.165) is 44.5 Å². The summed E-state index contributed by atoms with van der Waals surface area (Å²) in [5, 5.41) is 9.93. The maximum atomic E-state index is 13.4. The first-order chi connectivity index (χ1) is 15.9. The van der Waals surface area contributed by atoms with E-state index >= 15 is 0 Å². The summed E-state index contributed by atoms with van der Waals surface area (Å²) in [7, 11) is 2.11. The van der Waals surface area contributed by atoms with Crippen LogP contribution in [0.5, 0.6) is 5.75 Å². The second-order valence-corrected chi connectivity index (χ2v) is 8.38. The number of ether oxygens (including phenoxy) is 1. The number of carbonyl (C=O) groups excluding carboxylic acids is 1. The minimum atomic E-state index is -1.03. The maximum Gasteiger partial charge on any atom is 0.335 e. The Morgan fingerprint density at radius 1 is 0.970 bits per heavy atom. The largest absolute Gasteiger partial charge is 0.494 e. The summed E-state index contributed by atoms with van der Waals surface area (Å²) in [5.74, 6) is 0.126. The molecule has 0 aliphatic heterocycles. The van der Waals surface area contributed by atoms with Crippen LogP contribution in [0.25, 0.3) is 11.0 Å². The first kappa shape index (κ1) is 24.5. The van der Waals surface area contributed by atoms with Gasteiger partial charge in [0.25, 0.3) is 0 Å². The van der Waals surface area contributed by atoms with Gasteiger partial charge in [0.05, 0.1) is 17.7 Å². The molecule has 33 heavy (non-hydrogen) atoms. The third-order valence-corrected chi connectivity index (χ3v) is 5.67. The van der Waals surface area contributed by atoms with Gasteiger partial charge in [-0.2, -0.15) is 0 Å². The van der Waals surface area contributed by atoms with E-state index in [2.05, 4.69) is 25.8 Å². The van der Waals surface area contributed by atoms with Crippen LogP contribution < -0.4 is 4.74 Å². The third-order valence-electron chi connectivity index (χ3n) is 5.67. The van der Waals surface area contributed by atoms with Crippen LogP contribution >= 0.6 is 0 Å². The Kier molecular flexibility index (Phi) is 8.66. The van der Waals surface area contributed by atoms with Crippen molar-refractivity contribution in [1.29, 1.82) is 0 Å². The predicted octanol–water partition coefficient (Wildman–Crippen LogP) is 5.82. The number of fused-ring (bicyclic) bond motifs is 1. The van der Waals surface area contributed by atoms with Crippen molar-refractivity contribution in [1.82, 2.24) is 4.90 Å². The molecule has 0 spiro atoms. The van der Waals surface area contributed by atoms with Gasteiger partial charge in [-0.1, -0.05) is 20.3 Å². The Balaban J connectivity index is 1.78. The van der Waals surface area contributed by atoms with E-state index in [4.69, 9.17) is 9.15 Å². The fourth-order valence-electron chi connectivity index (χ4n) is 3.91. The second-order valence-electron chi connectivity index (χ2n) is 8.38. The zero-order valence-electron chi connectivity index (χ0n) is 19.7. The quantitative estimate of drug-likeness (QED) is 0.261. The van der Waals surface area contributed by atoms with E-state index in [9.17, 15) is 14.7 Å². The molecule has 1 heterocycles. The van der Waals surface area contributed by atoms with E-state index in [0.29, 0.717) is 40.9 Å². The van der Waals surface area contributed by atoms with Gasteiger partial charge in [0.15, 0.2) is 5.78 Å². The van der Waals surface area contributed by atoms with Crippen molar-refractivity contribution in [3.63, 3.8) is 0 Å². The van der Waals surface area contributed by atoms with Crippen molar-refractivity contribution in [3.05, 3.63) is 64.9 Å². The van der Waals surface area contributed by atoms with Gasteiger partial charge in [0.1, 0.15) is 17.1 Å². The Morgan fingerprint density at radius 3 is 2.36 bits per heavy atom. The summed E-state index contributed by atoms with van der Waals surface area (Å²) >= 11 is 0. The van der Waals surface area contributed by atoms with Crippen LogP contribution in [-0.4, -0.2) is 48.5 Å². The number of rotatable bonds is 13. The van der Waals surface area contributed by atoms with Crippen LogP contribution in [0.15, 0.2) is 46.9 Å². The molecule has 3 rings (SSSR count). The molecular formula is C27H33NO5. The number of aryl methyl sites for hydroxylation is 1. The highest BCUT2D eigenvalue weighted by Gasteiger charge is 2.23. The highest BCUT2D eigenvalue weighted by atomic mass is 16.5. The van der Waals surface area contributed by atoms with Gasteiger partial charge < -0.3 is 19.2 Å². The van der Waals surface area contributed by atoms with Crippen molar-refractivity contribution in [3.8, 4) is 5.75 Å². The number of hydrogen-bond donors (Lipinski definition) is 1. The monoisotopic (exact) mass is 451 g/mol. The van der Waals surface area contributed by atoms with Gasteiger partial charge in [-0.15, -0.1) is 0 Å². The smallest absolute Gasteiger partial charge is 0.335 e. The van der Waals surface area contributed by atoms with Gasteiger partial charge in [-0.25, -0.2) is 4.79 Å². The molecule has 0 atom stereocenters. The molecule has 6 nitrogen and oxygen atoms in total. The first-order valence-electron chi connectivity index (χ1n) is 11.7. The molecular weight excluding hydrogens is 418 g/mol. The minimum Gasteiger partial charge on any atom is -0.494 e. The summed E-state index contributed by atoms with van der Waals surface area (Å²) < 4.78 is 11.8. The summed E-state index contributed by atoms with van der Waals surface area (Å²) in [4.78, 5) is 27.2. The van der Waals surface area contributed by atoms with Crippen LogP contribution in [0.1, 0.15) is 71.6 Å². The molecule has 1 N–H and O–H groups in total. The van der Waals surface area contributed by atoms with Gasteiger partial charge in [-0.3, -0.25) is 4.79 Å². The Morgan fingerprint density at radius 2 is 1.70 bits per heavy atom. The Labute approximate surface area is 195 Å². The van der Waals surface area contributed by atoms with Crippen LogP contribution in [0, 0.1) is 0 Å². The lowest BCUT2D eigenvalue weighted by molar-refractivity contribution is 0.0696. The number of hydrogen-bond acceptors (Lipinski definition) is 5. The fourth-order valence-corrected chi connectivity index (χ4v) is 3.91. The molecule has 1 aromatic heterocycles. The third kappa shape index (κ3) is 6.23. The number of ketones is 1. The minimum absolute atomic E-state index is 0.132. The van der Waals surface area contributed by atoms with Crippen LogP contribution in [-0.2, 0) is 6.42 Å². The summed E-state index contributed by atoms with van der Waals surface area (Å²) in [6.07, 6.45) is 4.54. The average Bonchev–Trinajstić information content (AvgIpc) is 3.18. The number of benzene rings is 2. The predicted molar refractivity (Wildman–Crippen MR) is 130 cm³/mol. The van der Waals surface area contributed by atoms with Crippen LogP contribution in [0.4, 0.5) is 0 Å². The zero-order chi connectivity index (χ0) is 23.8. The Hall–Kier alpha value is -3.12. The van der Waals surface area contributed by atoms with E-state index in [-0.39, 0.29) is 11.3 Å². The van der Waals surface area contributed by atoms with E-state index in [1.165, 1.54) is 12.1 Å².